The number of aromatic nitrogens is 12. The lowest BCUT2D eigenvalue weighted by Crippen LogP contribution is -2.49. The van der Waals surface area contributed by atoms with Crippen LogP contribution in [0, 0.1) is 10.8 Å². The molecule has 40 nitrogen and oxygen atoms in total. The van der Waals surface area contributed by atoms with Crippen molar-refractivity contribution in [2.75, 3.05) is 78.5 Å². The van der Waals surface area contributed by atoms with Crippen molar-refractivity contribution in [1.29, 1.82) is 0 Å². The standard InChI is InChI=1S/2C16H16N4O2.4C15H15N5O2/c2*1-11-8-16(15(22)18-11)5-7-19(10-16)14(21)12-9-17-20-6-3-2-4-13(12)20;4*1-10-17-14(22)15(18-10)5-7-19(9-15)13(21)11-8-16-20-6-3-2-4-12(11)20/h2*2-4,6,9H,1,5,7-8,10H2,(H,18,22);4*2-4,6,8,18H,1,5,7,9H2,(H,17,22)/i4T;2T;8T;6T;3T;2T. The van der Waals surface area contributed by atoms with Gasteiger partial charge < -0.3 is 82.6 Å². The van der Waals surface area contributed by atoms with E-state index in [0.717, 1.165) is 5.70 Å². The van der Waals surface area contributed by atoms with E-state index >= 15 is 0 Å². The first-order chi connectivity index (χ1) is 65.9. The summed E-state index contributed by atoms with van der Waals surface area (Å²) >= 11 is 0. The number of nitrogens with zero attached hydrogens (tertiary/aromatic N) is 18. The fourth-order valence-electron chi connectivity index (χ4n) is 19.3. The van der Waals surface area contributed by atoms with Gasteiger partial charge in [-0.2, -0.15) is 30.6 Å². The van der Waals surface area contributed by atoms with Gasteiger partial charge in [0, 0.05) is 114 Å². The maximum absolute atomic E-state index is 12.8. The van der Waals surface area contributed by atoms with Crippen LogP contribution in [0.4, 0.5) is 0 Å². The molecule has 0 bridgehead atoms. The number of likely N-dealkylation sites (tertiary alicyclic amines) is 6. The Bertz CT molecular complexity index is 7130. The van der Waals surface area contributed by atoms with E-state index in [1.807, 2.05) is 0 Å². The molecule has 12 aliphatic rings. The first-order valence-corrected chi connectivity index (χ1v) is 42.5. The summed E-state index contributed by atoms with van der Waals surface area (Å²) < 4.78 is 55.9. The Morgan fingerprint density at radius 3 is 1.01 bits per heavy atom. The van der Waals surface area contributed by atoms with Crippen molar-refractivity contribution in [3.63, 3.8) is 0 Å². The Balaban J connectivity index is 0.000000106. The molecule has 0 saturated carbocycles. The normalized spacial score (nSPS) is 24.8. The van der Waals surface area contributed by atoms with E-state index in [1.165, 1.54) is 49.0 Å². The monoisotopic (exact) mass is 1790 g/mol. The van der Waals surface area contributed by atoms with Crippen molar-refractivity contribution in [3.05, 3.63) is 291 Å². The minimum absolute atomic E-state index is 0.0360. The van der Waals surface area contributed by atoms with E-state index in [9.17, 15) is 57.5 Å². The third-order valence-electron chi connectivity index (χ3n) is 26.0. The summed E-state index contributed by atoms with van der Waals surface area (Å²) in [5.41, 5.74) is 3.25. The summed E-state index contributed by atoms with van der Waals surface area (Å²) in [5, 5.41) is 53.1. The van der Waals surface area contributed by atoms with Gasteiger partial charge in [-0.3, -0.25) is 57.5 Å². The van der Waals surface area contributed by atoms with Crippen LogP contribution < -0.4 is 53.2 Å². The molecule has 10 N–H and O–H groups in total. The van der Waals surface area contributed by atoms with Gasteiger partial charge in [0.15, 0.2) is 0 Å². The molecule has 12 saturated heterocycles. The molecular weight excluding hydrogens is 1690 g/mol. The van der Waals surface area contributed by atoms with Gasteiger partial charge in [-0.05, 0) is 111 Å². The predicted octanol–water partition coefficient (Wildman–Crippen LogP) is 2.84. The number of amides is 12. The maximum Gasteiger partial charge on any atom is 0.257 e. The fraction of sp³-hybridized carbons (Fsp3) is 0.283. The molecule has 0 radical (unpaired) electrons. The number of pyridine rings is 6. The van der Waals surface area contributed by atoms with Crippen LogP contribution >= 0.6 is 0 Å². The molecule has 12 aliphatic heterocycles. The third-order valence-corrected chi connectivity index (χ3v) is 26.0. The summed E-state index contributed by atoms with van der Waals surface area (Å²) in [6, 6.07) is 24.8. The highest BCUT2D eigenvalue weighted by atomic mass is 16.2. The van der Waals surface area contributed by atoms with Crippen molar-refractivity contribution in [2.45, 2.75) is 73.5 Å². The molecule has 672 valence electrons. The second-order valence-corrected chi connectivity index (χ2v) is 34.5. The van der Waals surface area contributed by atoms with E-state index in [-0.39, 0.29) is 114 Å². The largest absolute Gasteiger partial charge is 0.356 e. The maximum atomic E-state index is 12.8. The summed E-state index contributed by atoms with van der Waals surface area (Å²) in [4.78, 5) is 160. The van der Waals surface area contributed by atoms with Gasteiger partial charge in [-0.15, -0.1) is 0 Å². The third kappa shape index (κ3) is 15.2. The number of carbonyl (C=O) groups is 12. The summed E-state index contributed by atoms with van der Waals surface area (Å²) in [7, 11) is 0. The first kappa shape index (κ1) is 77.7. The molecule has 12 aromatic rings. The number of hydrogen-bond acceptors (Lipinski definition) is 22. The van der Waals surface area contributed by atoms with Gasteiger partial charge in [-0.1, -0.05) is 75.8 Å². The van der Waals surface area contributed by atoms with Gasteiger partial charge in [0.2, 0.25) is 11.8 Å². The van der Waals surface area contributed by atoms with E-state index in [1.54, 1.807) is 154 Å². The summed E-state index contributed by atoms with van der Waals surface area (Å²) in [6.07, 6.45) is 20.5. The van der Waals surface area contributed by atoms with Crippen LogP contribution in [-0.4, -0.2) is 259 Å². The molecule has 6 unspecified atom stereocenters. The lowest BCUT2D eigenvalue weighted by Gasteiger charge is -2.21. The number of rotatable bonds is 6. The van der Waals surface area contributed by atoms with Crippen LogP contribution in [0.5, 0.6) is 0 Å². The Labute approximate surface area is 760 Å². The zero-order chi connectivity index (χ0) is 97.1. The molecule has 24 rings (SSSR count). The van der Waals surface area contributed by atoms with Gasteiger partial charge >= 0.3 is 0 Å². The van der Waals surface area contributed by atoms with Crippen LogP contribution in [-0.2, 0) is 28.8 Å². The molecule has 40 heteroatoms. The van der Waals surface area contributed by atoms with Crippen molar-refractivity contribution in [2.24, 2.45) is 10.8 Å². The predicted molar refractivity (Wildman–Crippen MR) is 476 cm³/mol. The van der Waals surface area contributed by atoms with Gasteiger partial charge in [0.25, 0.3) is 59.1 Å². The average Bonchev–Trinajstić information content (AvgIpc) is 1.60. The molecule has 12 aromatic heterocycles. The molecule has 12 amide bonds. The van der Waals surface area contributed by atoms with Gasteiger partial charge in [-0.25, -0.2) is 27.1 Å². The van der Waals surface area contributed by atoms with Crippen LogP contribution in [0.2, 0.25) is 0 Å². The Morgan fingerprint density at radius 1 is 0.303 bits per heavy atom. The Hall–Kier alpha value is -16.6. The summed E-state index contributed by atoms with van der Waals surface area (Å²) in [6.45, 7) is 27.3. The Kier molecular flexibility index (Phi) is 19.4. The smallest absolute Gasteiger partial charge is 0.257 e. The quantitative estimate of drug-likeness (QED) is 0.114. The highest BCUT2D eigenvalue weighted by Gasteiger charge is 2.56. The van der Waals surface area contributed by atoms with Gasteiger partial charge in [0.05, 0.1) is 172 Å². The number of fused-ring (bicyclic) bond motifs is 6. The highest BCUT2D eigenvalue weighted by molar-refractivity contribution is 6.07. The zero-order valence-electron chi connectivity index (χ0n) is 77.2. The highest BCUT2D eigenvalue weighted by Crippen LogP contribution is 2.43. The second-order valence-electron chi connectivity index (χ2n) is 34.5. The molecule has 24 heterocycles. The van der Waals surface area contributed by atoms with Crippen molar-refractivity contribution in [1.82, 2.24) is 140 Å². The van der Waals surface area contributed by atoms with E-state index < -0.39 is 33.0 Å². The molecular formula is C92H92N28O12. The van der Waals surface area contributed by atoms with E-state index in [0.29, 0.717) is 218 Å². The first-order valence-electron chi connectivity index (χ1n) is 45.5. The number of hydrogen-bond donors (Lipinski definition) is 10. The lowest BCUT2D eigenvalue weighted by atomic mass is 9.85. The van der Waals surface area contributed by atoms with Crippen molar-refractivity contribution < 1.29 is 65.8 Å². The number of carbonyl (C=O) groups excluding carboxylic acids is 12. The SMILES string of the molecule is [3H]c1ccc2c(C(=O)N3CCC4(C3)NC(=C)NC4=O)cnn2c1.[3H]c1cccc2c(C(=O)N3CCC4(C3)NC(=C)NC4=O)cnn12.[3H]c1cccn2ncc(C(=O)N3CCC4(CC(=C)NC4=O)C3)c12.[3H]c1ccn2ncc(C(=O)N3CCC4(C3)NC(=C)NC4=O)c2c1.[3H]c1ccn2ncc(C(=O)N3CCC4(CC(=C)NC4=O)C3)c2c1.[3H]c1nn2ccccc2c1C(=O)N1CCC2(C1)NC(=C)NC2=O. The minimum atomic E-state index is -0.808. The van der Waals surface area contributed by atoms with Crippen LogP contribution in [0.25, 0.3) is 33.1 Å². The van der Waals surface area contributed by atoms with Gasteiger partial charge in [0.1, 0.15) is 22.2 Å². The molecule has 12 fully saturated rings. The molecule has 6 atom stereocenters. The number of allylic oxidation sites excluding steroid dienone is 2. The Morgan fingerprint density at radius 2 is 0.614 bits per heavy atom. The minimum Gasteiger partial charge on any atom is -0.356 e. The van der Waals surface area contributed by atoms with E-state index in [4.69, 9.17) is 8.22 Å². The zero-order valence-corrected chi connectivity index (χ0v) is 71.2. The molecule has 132 heavy (non-hydrogen) atoms. The topological polar surface area (TPSA) is 448 Å². The molecule has 0 aromatic carbocycles. The van der Waals surface area contributed by atoms with Crippen molar-refractivity contribution >= 4 is 104 Å². The van der Waals surface area contributed by atoms with Crippen LogP contribution in [0.1, 0.15) is 122 Å². The van der Waals surface area contributed by atoms with Crippen LogP contribution in [0.3, 0.4) is 0 Å². The molecule has 0 aliphatic carbocycles. The van der Waals surface area contributed by atoms with E-state index in [2.05, 4.69) is 123 Å². The summed E-state index contributed by atoms with van der Waals surface area (Å²) in [5.74, 6) is 0.0613. The lowest BCUT2D eigenvalue weighted by molar-refractivity contribution is -0.127. The molecule has 6 spiro atoms. The average molecular weight is 1790 g/mol. The number of nitrogens with one attached hydrogen (secondary N) is 10. The van der Waals surface area contributed by atoms with Crippen LogP contribution in [0.15, 0.2) is 258 Å². The van der Waals surface area contributed by atoms with Crippen molar-refractivity contribution in [3.8, 4) is 0 Å². The fourth-order valence-corrected chi connectivity index (χ4v) is 19.3. The second kappa shape index (κ2) is 32.9.